The second kappa shape index (κ2) is 3.19. The van der Waals surface area contributed by atoms with Crippen LogP contribution in [-0.4, -0.2) is 12.1 Å². The number of hydrogen-bond donors (Lipinski definition) is 2. The van der Waals surface area contributed by atoms with Crippen molar-refractivity contribution in [2.24, 2.45) is 0 Å². The van der Waals surface area contributed by atoms with Crippen LogP contribution in [-0.2, 0) is 0 Å². The van der Waals surface area contributed by atoms with Crippen LogP contribution in [0.5, 0.6) is 0 Å². The van der Waals surface area contributed by atoms with Gasteiger partial charge in [-0.2, -0.15) is 0 Å². The second-order valence-corrected chi connectivity index (χ2v) is 4.73. The van der Waals surface area contributed by atoms with Crippen molar-refractivity contribution in [2.45, 2.75) is 32.7 Å². The Hall–Kier alpha value is -1.18. The summed E-state index contributed by atoms with van der Waals surface area (Å²) in [6.07, 6.45) is 1.14. The maximum absolute atomic E-state index is 3.56. The molecule has 0 saturated carbocycles. The monoisotopic (exact) mass is 190 g/mol. The first-order valence-corrected chi connectivity index (χ1v) is 5.20. The van der Waals surface area contributed by atoms with Crippen LogP contribution in [0.4, 0.5) is 11.4 Å². The van der Waals surface area contributed by atoms with Crippen molar-refractivity contribution in [3.8, 4) is 0 Å². The van der Waals surface area contributed by atoms with Gasteiger partial charge in [0.2, 0.25) is 0 Å². The summed E-state index contributed by atoms with van der Waals surface area (Å²) in [5, 5.41) is 7.02. The van der Waals surface area contributed by atoms with Crippen molar-refractivity contribution in [3.05, 3.63) is 23.8 Å². The normalized spacial score (nSPS) is 18.8. The van der Waals surface area contributed by atoms with Crippen LogP contribution >= 0.6 is 0 Å². The van der Waals surface area contributed by atoms with E-state index in [1.165, 1.54) is 16.9 Å². The van der Waals surface area contributed by atoms with Crippen LogP contribution in [0.2, 0.25) is 0 Å². The molecule has 1 aromatic carbocycles. The van der Waals surface area contributed by atoms with Gasteiger partial charge in [0.25, 0.3) is 0 Å². The quantitative estimate of drug-likeness (QED) is 0.657. The molecule has 76 valence electrons. The van der Waals surface area contributed by atoms with Crippen molar-refractivity contribution in [2.75, 3.05) is 17.2 Å². The van der Waals surface area contributed by atoms with Crippen LogP contribution < -0.4 is 10.6 Å². The van der Waals surface area contributed by atoms with Crippen molar-refractivity contribution in [3.63, 3.8) is 0 Å². The lowest BCUT2D eigenvalue weighted by molar-refractivity contribution is 0.540. The van der Waals surface area contributed by atoms with Crippen LogP contribution in [0.1, 0.15) is 25.8 Å². The van der Waals surface area contributed by atoms with Crippen LogP contribution in [0.3, 0.4) is 0 Å². The summed E-state index contributed by atoms with van der Waals surface area (Å²) in [5.41, 5.74) is 3.94. The zero-order valence-corrected chi connectivity index (χ0v) is 9.15. The second-order valence-electron chi connectivity index (χ2n) is 4.73. The highest BCUT2D eigenvalue weighted by Gasteiger charge is 2.21. The highest BCUT2D eigenvalue weighted by molar-refractivity contribution is 5.71. The maximum atomic E-state index is 3.56. The van der Waals surface area contributed by atoms with Gasteiger partial charge in [-0.05, 0) is 44.9 Å². The first-order chi connectivity index (χ1) is 6.57. The molecule has 0 spiro atoms. The molecule has 2 N–H and O–H groups in total. The highest BCUT2D eigenvalue weighted by atomic mass is 15.0. The molecular formula is C12H18N2. The molecule has 2 heteroatoms. The highest BCUT2D eigenvalue weighted by Crippen LogP contribution is 2.30. The van der Waals surface area contributed by atoms with Gasteiger partial charge < -0.3 is 10.6 Å². The Morgan fingerprint density at radius 1 is 1.21 bits per heavy atom. The van der Waals surface area contributed by atoms with E-state index in [2.05, 4.69) is 49.6 Å². The van der Waals surface area contributed by atoms with Gasteiger partial charge in [0.1, 0.15) is 0 Å². The molecule has 0 amide bonds. The third kappa shape index (κ3) is 1.84. The van der Waals surface area contributed by atoms with E-state index in [4.69, 9.17) is 0 Å². The smallest absolute Gasteiger partial charge is 0.0580 e. The van der Waals surface area contributed by atoms with Gasteiger partial charge in [0.05, 0.1) is 11.4 Å². The topological polar surface area (TPSA) is 24.1 Å². The summed E-state index contributed by atoms with van der Waals surface area (Å²) < 4.78 is 0. The lowest BCUT2D eigenvalue weighted by Gasteiger charge is -2.25. The molecule has 1 aliphatic heterocycles. The SMILES string of the molecule is Cc1ccc2c(c1)NCCC(C)(C)N2. The lowest BCUT2D eigenvalue weighted by Crippen LogP contribution is -2.30. The van der Waals surface area contributed by atoms with Gasteiger partial charge in [-0.1, -0.05) is 6.07 Å². The molecule has 1 heterocycles. The third-order valence-electron chi connectivity index (χ3n) is 2.71. The number of anilines is 2. The Bertz CT molecular complexity index is 342. The number of rotatable bonds is 0. The Labute approximate surface area is 85.7 Å². The minimum absolute atomic E-state index is 0.188. The van der Waals surface area contributed by atoms with Crippen molar-refractivity contribution in [1.29, 1.82) is 0 Å². The number of benzene rings is 1. The van der Waals surface area contributed by atoms with Crippen molar-refractivity contribution < 1.29 is 0 Å². The zero-order valence-electron chi connectivity index (χ0n) is 9.15. The average Bonchev–Trinajstić information content (AvgIpc) is 2.22. The predicted molar refractivity (Wildman–Crippen MR) is 62.0 cm³/mol. The molecule has 0 radical (unpaired) electrons. The number of fused-ring (bicyclic) bond motifs is 1. The Balaban J connectivity index is 2.37. The Morgan fingerprint density at radius 2 is 2.00 bits per heavy atom. The minimum Gasteiger partial charge on any atom is -0.383 e. The molecule has 0 atom stereocenters. The van der Waals surface area contributed by atoms with E-state index in [1.807, 2.05) is 0 Å². The van der Waals surface area contributed by atoms with Gasteiger partial charge in [0, 0.05) is 12.1 Å². The van der Waals surface area contributed by atoms with Gasteiger partial charge in [-0.3, -0.25) is 0 Å². The van der Waals surface area contributed by atoms with E-state index in [9.17, 15) is 0 Å². The van der Waals surface area contributed by atoms with E-state index in [-0.39, 0.29) is 5.54 Å². The van der Waals surface area contributed by atoms with E-state index in [1.54, 1.807) is 0 Å². The largest absolute Gasteiger partial charge is 0.383 e. The fraction of sp³-hybridized carbons (Fsp3) is 0.500. The first kappa shape index (κ1) is 9.38. The van der Waals surface area contributed by atoms with Crippen LogP contribution in [0, 0.1) is 6.92 Å². The Kier molecular flexibility index (Phi) is 2.14. The molecule has 1 aromatic rings. The molecule has 2 rings (SSSR count). The van der Waals surface area contributed by atoms with Gasteiger partial charge >= 0.3 is 0 Å². The molecule has 0 aromatic heterocycles. The zero-order chi connectivity index (χ0) is 10.2. The summed E-state index contributed by atoms with van der Waals surface area (Å²) >= 11 is 0. The number of aryl methyl sites for hydroxylation is 1. The Morgan fingerprint density at radius 3 is 2.79 bits per heavy atom. The van der Waals surface area contributed by atoms with E-state index in [0.717, 1.165) is 13.0 Å². The summed E-state index contributed by atoms with van der Waals surface area (Å²) in [7, 11) is 0. The summed E-state index contributed by atoms with van der Waals surface area (Å²) in [6.45, 7) is 7.64. The maximum Gasteiger partial charge on any atom is 0.0580 e. The number of hydrogen-bond acceptors (Lipinski definition) is 2. The fourth-order valence-electron chi connectivity index (χ4n) is 1.85. The molecule has 0 aliphatic carbocycles. The minimum atomic E-state index is 0.188. The standard InChI is InChI=1S/C12H18N2/c1-9-4-5-10-11(8-9)13-7-6-12(2,3)14-10/h4-5,8,13-14H,6-7H2,1-3H3. The molecule has 2 nitrogen and oxygen atoms in total. The van der Waals surface area contributed by atoms with Gasteiger partial charge in [-0.15, -0.1) is 0 Å². The lowest BCUT2D eigenvalue weighted by atomic mass is 10.0. The molecule has 1 aliphatic rings. The van der Waals surface area contributed by atoms with Gasteiger partial charge in [-0.25, -0.2) is 0 Å². The van der Waals surface area contributed by atoms with E-state index < -0.39 is 0 Å². The van der Waals surface area contributed by atoms with Gasteiger partial charge in [0.15, 0.2) is 0 Å². The average molecular weight is 190 g/mol. The van der Waals surface area contributed by atoms with E-state index >= 15 is 0 Å². The summed E-state index contributed by atoms with van der Waals surface area (Å²) in [5.74, 6) is 0. The van der Waals surface area contributed by atoms with Crippen molar-refractivity contribution in [1.82, 2.24) is 0 Å². The molecule has 0 bridgehead atoms. The number of nitrogens with one attached hydrogen (secondary N) is 2. The molecular weight excluding hydrogens is 172 g/mol. The summed E-state index contributed by atoms with van der Waals surface area (Å²) in [6, 6.07) is 6.50. The fourth-order valence-corrected chi connectivity index (χ4v) is 1.85. The van der Waals surface area contributed by atoms with Crippen LogP contribution in [0.15, 0.2) is 18.2 Å². The first-order valence-electron chi connectivity index (χ1n) is 5.20. The molecule has 0 unspecified atom stereocenters. The predicted octanol–water partition coefficient (Wildman–Crippen LogP) is 3.00. The third-order valence-corrected chi connectivity index (χ3v) is 2.71. The molecule has 14 heavy (non-hydrogen) atoms. The molecule has 0 saturated heterocycles. The van der Waals surface area contributed by atoms with Crippen LogP contribution in [0.25, 0.3) is 0 Å². The molecule has 0 fully saturated rings. The van der Waals surface area contributed by atoms with E-state index in [0.29, 0.717) is 0 Å². The van der Waals surface area contributed by atoms with Crippen molar-refractivity contribution >= 4 is 11.4 Å². The summed E-state index contributed by atoms with van der Waals surface area (Å²) in [4.78, 5) is 0.